The fourth-order valence-electron chi connectivity index (χ4n) is 4.33. The molecule has 2 aromatic rings. The highest BCUT2D eigenvalue weighted by molar-refractivity contribution is 9.09. The molecule has 2 aliphatic heterocycles. The summed E-state index contributed by atoms with van der Waals surface area (Å²) in [6.45, 7) is 0.552. The maximum Gasteiger partial charge on any atom is 0.344 e. The molecule has 6 heteroatoms. The van der Waals surface area contributed by atoms with E-state index in [1.54, 1.807) is 0 Å². The van der Waals surface area contributed by atoms with E-state index in [9.17, 15) is 4.79 Å². The van der Waals surface area contributed by atoms with Crippen molar-refractivity contribution in [3.05, 3.63) is 29.8 Å². The number of rotatable bonds is 6. The molecule has 1 aromatic carbocycles. The summed E-state index contributed by atoms with van der Waals surface area (Å²) in [5, 5.41) is 1.73. The van der Waals surface area contributed by atoms with Gasteiger partial charge in [-0.1, -0.05) is 34.1 Å². The molecule has 0 amide bonds. The van der Waals surface area contributed by atoms with Crippen molar-refractivity contribution in [3.63, 3.8) is 0 Å². The number of esters is 1. The first kappa shape index (κ1) is 17.9. The van der Waals surface area contributed by atoms with Gasteiger partial charge in [0.15, 0.2) is 0 Å². The molecule has 2 fully saturated rings. The van der Waals surface area contributed by atoms with Gasteiger partial charge in [0, 0.05) is 41.2 Å². The summed E-state index contributed by atoms with van der Waals surface area (Å²) in [4.78, 5) is 18.7. The Labute approximate surface area is 162 Å². The van der Waals surface area contributed by atoms with Crippen molar-refractivity contribution in [1.29, 1.82) is 0 Å². The predicted molar refractivity (Wildman–Crippen MR) is 105 cm³/mol. The SMILES string of the molecule is CN1[C@@H]2CC[C@H]1C[C@H](OC(=O)c1c(OCCCBr)[nH]c3ccccc13)C2. The van der Waals surface area contributed by atoms with Crippen LogP contribution in [0.25, 0.3) is 10.9 Å². The molecule has 1 aromatic heterocycles. The van der Waals surface area contributed by atoms with Crippen LogP contribution in [-0.2, 0) is 4.74 Å². The number of ether oxygens (including phenoxy) is 2. The van der Waals surface area contributed by atoms with Gasteiger partial charge in [0.25, 0.3) is 0 Å². The second kappa shape index (κ2) is 7.61. The smallest absolute Gasteiger partial charge is 0.344 e. The second-order valence-corrected chi connectivity index (χ2v) is 8.11. The Kier molecular flexibility index (Phi) is 5.23. The van der Waals surface area contributed by atoms with Crippen LogP contribution >= 0.6 is 15.9 Å². The van der Waals surface area contributed by atoms with Crippen LogP contribution in [0.3, 0.4) is 0 Å². The van der Waals surface area contributed by atoms with Crippen LogP contribution in [0, 0.1) is 0 Å². The highest BCUT2D eigenvalue weighted by Crippen LogP contribution is 2.37. The number of aromatic nitrogens is 1. The molecule has 3 heterocycles. The number of para-hydroxylation sites is 1. The summed E-state index contributed by atoms with van der Waals surface area (Å²) >= 11 is 3.41. The number of piperidine rings is 1. The van der Waals surface area contributed by atoms with Gasteiger partial charge in [-0.25, -0.2) is 4.79 Å². The molecule has 3 atom stereocenters. The molecule has 140 valence electrons. The van der Waals surface area contributed by atoms with E-state index in [1.165, 1.54) is 12.8 Å². The lowest BCUT2D eigenvalue weighted by Crippen LogP contribution is -2.43. The third-order valence-corrected chi connectivity index (χ3v) is 6.29. The first-order valence-corrected chi connectivity index (χ1v) is 10.5. The van der Waals surface area contributed by atoms with E-state index >= 15 is 0 Å². The molecule has 5 nitrogen and oxygen atoms in total. The number of hydrogen-bond donors (Lipinski definition) is 1. The molecular formula is C20H25BrN2O3. The van der Waals surface area contributed by atoms with Crippen molar-refractivity contribution < 1.29 is 14.3 Å². The molecule has 2 aliphatic rings. The largest absolute Gasteiger partial charge is 0.478 e. The van der Waals surface area contributed by atoms with Crippen LogP contribution in [0.5, 0.6) is 5.88 Å². The lowest BCUT2D eigenvalue weighted by molar-refractivity contribution is -0.000554. The average Bonchev–Trinajstić information content (AvgIpc) is 3.08. The Morgan fingerprint density at radius 3 is 2.73 bits per heavy atom. The minimum Gasteiger partial charge on any atom is -0.478 e. The standard InChI is InChI=1S/C20H25BrN2O3/c1-23-13-7-8-14(23)12-15(11-13)26-20(24)18-16-5-2-3-6-17(16)22-19(18)25-10-4-9-21/h2-3,5-6,13-15,22H,4,7-12H2,1H3/t13-,14+,15-. The molecule has 0 unspecified atom stereocenters. The molecule has 0 aliphatic carbocycles. The molecule has 26 heavy (non-hydrogen) atoms. The summed E-state index contributed by atoms with van der Waals surface area (Å²) in [6, 6.07) is 8.88. The number of H-pyrrole nitrogens is 1. The maximum atomic E-state index is 13.0. The lowest BCUT2D eigenvalue weighted by atomic mass is 10.0. The number of nitrogens with zero attached hydrogens (tertiary/aromatic N) is 1. The first-order valence-electron chi connectivity index (χ1n) is 9.39. The number of benzene rings is 1. The molecule has 0 spiro atoms. The number of nitrogens with one attached hydrogen (secondary N) is 1. The number of aromatic amines is 1. The van der Waals surface area contributed by atoms with Crippen molar-refractivity contribution >= 4 is 32.8 Å². The van der Waals surface area contributed by atoms with Gasteiger partial charge in [-0.15, -0.1) is 0 Å². The van der Waals surface area contributed by atoms with Crippen LogP contribution in [0.4, 0.5) is 0 Å². The van der Waals surface area contributed by atoms with Crippen molar-refractivity contribution in [2.24, 2.45) is 0 Å². The van der Waals surface area contributed by atoms with Gasteiger partial charge >= 0.3 is 5.97 Å². The van der Waals surface area contributed by atoms with E-state index in [0.29, 0.717) is 30.1 Å². The van der Waals surface area contributed by atoms with Crippen molar-refractivity contribution in [2.45, 2.75) is 50.3 Å². The Morgan fingerprint density at radius 2 is 2.00 bits per heavy atom. The zero-order valence-electron chi connectivity index (χ0n) is 15.0. The van der Waals surface area contributed by atoms with Crippen LogP contribution in [0.15, 0.2) is 24.3 Å². The topological polar surface area (TPSA) is 54.6 Å². The van der Waals surface area contributed by atoms with E-state index in [1.807, 2.05) is 24.3 Å². The number of carbonyl (C=O) groups is 1. The van der Waals surface area contributed by atoms with E-state index in [-0.39, 0.29) is 12.1 Å². The molecule has 0 radical (unpaired) electrons. The molecule has 1 N–H and O–H groups in total. The van der Waals surface area contributed by atoms with Crippen molar-refractivity contribution in [2.75, 3.05) is 19.0 Å². The van der Waals surface area contributed by atoms with Crippen molar-refractivity contribution in [1.82, 2.24) is 9.88 Å². The van der Waals surface area contributed by atoms with Crippen LogP contribution in [0.2, 0.25) is 0 Å². The van der Waals surface area contributed by atoms with E-state index in [0.717, 1.165) is 35.5 Å². The summed E-state index contributed by atoms with van der Waals surface area (Å²) in [5.74, 6) is 0.248. The van der Waals surface area contributed by atoms with Gasteiger partial charge in [-0.3, -0.25) is 0 Å². The predicted octanol–water partition coefficient (Wildman–Crippen LogP) is 4.11. The normalized spacial score (nSPS) is 25.5. The van der Waals surface area contributed by atoms with Crippen LogP contribution in [0.1, 0.15) is 42.5 Å². The first-order chi connectivity index (χ1) is 12.7. The molecule has 0 saturated carbocycles. The van der Waals surface area contributed by atoms with Gasteiger partial charge in [0.1, 0.15) is 11.7 Å². The number of carbonyl (C=O) groups excluding carboxylic acids is 1. The lowest BCUT2D eigenvalue weighted by Gasteiger charge is -2.35. The minimum atomic E-state index is -0.273. The maximum absolute atomic E-state index is 13.0. The Hall–Kier alpha value is -1.53. The Morgan fingerprint density at radius 1 is 1.27 bits per heavy atom. The van der Waals surface area contributed by atoms with Gasteiger partial charge in [-0.2, -0.15) is 0 Å². The van der Waals surface area contributed by atoms with Gasteiger partial charge in [0.05, 0.1) is 6.61 Å². The highest BCUT2D eigenvalue weighted by Gasteiger charge is 2.40. The molecule has 2 saturated heterocycles. The summed E-state index contributed by atoms with van der Waals surface area (Å²) < 4.78 is 11.8. The Bertz CT molecular complexity index is 776. The number of hydrogen-bond acceptors (Lipinski definition) is 4. The van der Waals surface area contributed by atoms with Gasteiger partial charge < -0.3 is 19.4 Å². The minimum absolute atomic E-state index is 0.000235. The quantitative estimate of drug-likeness (QED) is 0.433. The monoisotopic (exact) mass is 420 g/mol. The summed E-state index contributed by atoms with van der Waals surface area (Å²) in [5.41, 5.74) is 1.43. The van der Waals surface area contributed by atoms with E-state index < -0.39 is 0 Å². The third kappa shape index (κ3) is 3.37. The zero-order valence-corrected chi connectivity index (χ0v) is 16.6. The fourth-order valence-corrected chi connectivity index (χ4v) is 4.55. The number of halogens is 1. The number of alkyl halides is 1. The third-order valence-electron chi connectivity index (χ3n) is 5.73. The van der Waals surface area contributed by atoms with Crippen molar-refractivity contribution in [3.8, 4) is 5.88 Å². The zero-order chi connectivity index (χ0) is 18.1. The van der Waals surface area contributed by atoms with E-state index in [4.69, 9.17) is 9.47 Å². The van der Waals surface area contributed by atoms with Crippen LogP contribution < -0.4 is 4.74 Å². The highest BCUT2D eigenvalue weighted by atomic mass is 79.9. The molecule has 4 rings (SSSR count). The van der Waals surface area contributed by atoms with Crippen LogP contribution in [-0.4, -0.2) is 53.0 Å². The summed E-state index contributed by atoms with van der Waals surface area (Å²) in [6.07, 6.45) is 5.16. The average molecular weight is 421 g/mol. The molecular weight excluding hydrogens is 396 g/mol. The fraction of sp³-hybridized carbons (Fsp3) is 0.550. The van der Waals surface area contributed by atoms with Gasteiger partial charge in [-0.05, 0) is 32.4 Å². The van der Waals surface area contributed by atoms with E-state index in [2.05, 4.69) is 32.9 Å². The molecule has 2 bridgehead atoms. The van der Waals surface area contributed by atoms with Gasteiger partial charge in [0.2, 0.25) is 5.88 Å². The second-order valence-electron chi connectivity index (χ2n) is 7.31. The summed E-state index contributed by atoms with van der Waals surface area (Å²) in [7, 11) is 2.19. The Balaban J connectivity index is 1.54. The number of fused-ring (bicyclic) bond motifs is 3.